The van der Waals surface area contributed by atoms with Crippen LogP contribution >= 0.6 is 0 Å². The minimum atomic E-state index is -0.380. The van der Waals surface area contributed by atoms with E-state index < -0.39 is 0 Å². The molecule has 0 radical (unpaired) electrons. The Bertz CT molecular complexity index is 342. The maximum atomic E-state index is 12.2. The third-order valence-electron chi connectivity index (χ3n) is 4.02. The second-order valence-electron chi connectivity index (χ2n) is 5.70. The molecule has 2 N–H and O–H groups in total. The molecule has 5 heteroatoms. The van der Waals surface area contributed by atoms with E-state index in [0.717, 1.165) is 19.3 Å². The van der Waals surface area contributed by atoms with E-state index in [9.17, 15) is 9.59 Å². The first-order valence-corrected chi connectivity index (χ1v) is 7.24. The zero-order valence-electron chi connectivity index (χ0n) is 11.8. The van der Waals surface area contributed by atoms with E-state index in [1.807, 2.05) is 6.92 Å². The zero-order chi connectivity index (χ0) is 13.8. The summed E-state index contributed by atoms with van der Waals surface area (Å²) in [5, 5.41) is 5.79. The number of methoxy groups -OCH3 is 1. The van der Waals surface area contributed by atoms with E-state index in [1.54, 1.807) is 7.11 Å². The molecule has 19 heavy (non-hydrogen) atoms. The molecule has 3 unspecified atom stereocenters. The maximum absolute atomic E-state index is 12.2. The Labute approximate surface area is 114 Å². The van der Waals surface area contributed by atoms with E-state index >= 15 is 0 Å². The Kier molecular flexibility index (Phi) is 4.80. The van der Waals surface area contributed by atoms with Gasteiger partial charge in [-0.1, -0.05) is 6.42 Å². The lowest BCUT2D eigenvalue weighted by Gasteiger charge is -2.25. The molecule has 0 aromatic heterocycles. The summed E-state index contributed by atoms with van der Waals surface area (Å²) in [5.41, 5.74) is 0. The van der Waals surface area contributed by atoms with Gasteiger partial charge in [0.1, 0.15) is 6.04 Å². The fourth-order valence-corrected chi connectivity index (χ4v) is 2.81. The van der Waals surface area contributed by atoms with Gasteiger partial charge in [-0.25, -0.2) is 0 Å². The molecule has 108 valence electrons. The van der Waals surface area contributed by atoms with Gasteiger partial charge in [-0.15, -0.1) is 0 Å². The first-order chi connectivity index (χ1) is 9.11. The topological polar surface area (TPSA) is 67.4 Å². The number of rotatable bonds is 5. The second-order valence-corrected chi connectivity index (χ2v) is 5.70. The van der Waals surface area contributed by atoms with Gasteiger partial charge in [-0.2, -0.15) is 0 Å². The Morgan fingerprint density at radius 2 is 2.11 bits per heavy atom. The van der Waals surface area contributed by atoms with Crippen LogP contribution in [0.3, 0.4) is 0 Å². The number of nitrogens with one attached hydrogen (secondary N) is 2. The van der Waals surface area contributed by atoms with Gasteiger partial charge in [-0.3, -0.25) is 9.59 Å². The van der Waals surface area contributed by atoms with Crippen molar-refractivity contribution in [2.75, 3.05) is 7.11 Å². The van der Waals surface area contributed by atoms with Crippen LogP contribution in [0.1, 0.15) is 45.4 Å². The van der Waals surface area contributed by atoms with Crippen molar-refractivity contribution in [2.24, 2.45) is 5.92 Å². The molecule has 1 aliphatic carbocycles. The minimum Gasteiger partial charge on any atom is -0.379 e. The lowest BCUT2D eigenvalue weighted by Crippen LogP contribution is -2.51. The Hall–Kier alpha value is -1.10. The molecule has 1 aliphatic heterocycles. The van der Waals surface area contributed by atoms with Crippen LogP contribution in [0.15, 0.2) is 0 Å². The molecule has 2 rings (SSSR count). The van der Waals surface area contributed by atoms with Crippen molar-refractivity contribution in [1.82, 2.24) is 10.6 Å². The van der Waals surface area contributed by atoms with Gasteiger partial charge in [0.25, 0.3) is 0 Å². The molecule has 2 fully saturated rings. The zero-order valence-corrected chi connectivity index (χ0v) is 11.8. The van der Waals surface area contributed by atoms with Crippen LogP contribution in [0.5, 0.6) is 0 Å². The third kappa shape index (κ3) is 3.93. The predicted octanol–water partition coefficient (Wildman–Crippen LogP) is 0.975. The van der Waals surface area contributed by atoms with E-state index in [0.29, 0.717) is 12.3 Å². The molecule has 1 heterocycles. The first kappa shape index (κ1) is 14.3. The summed E-state index contributed by atoms with van der Waals surface area (Å²) in [6.45, 7) is 1.98. The fourth-order valence-electron chi connectivity index (χ4n) is 2.81. The highest BCUT2D eigenvalue weighted by atomic mass is 16.5. The molecule has 2 amide bonds. The third-order valence-corrected chi connectivity index (χ3v) is 4.02. The highest BCUT2D eigenvalue weighted by molar-refractivity contribution is 5.88. The van der Waals surface area contributed by atoms with Crippen molar-refractivity contribution < 1.29 is 14.3 Å². The fraction of sp³-hybridized carbons (Fsp3) is 0.857. The summed E-state index contributed by atoms with van der Waals surface area (Å²) in [6, 6.07) is -0.390. The highest BCUT2D eigenvalue weighted by Crippen LogP contribution is 2.35. The van der Waals surface area contributed by atoms with Crippen LogP contribution in [-0.2, 0) is 14.3 Å². The summed E-state index contributed by atoms with van der Waals surface area (Å²) in [6.07, 6.45) is 5.49. The summed E-state index contributed by atoms with van der Waals surface area (Å²) in [5.74, 6) is 0.477. The Morgan fingerprint density at radius 3 is 2.74 bits per heavy atom. The van der Waals surface area contributed by atoms with Crippen LogP contribution in [0.25, 0.3) is 0 Å². The molecule has 5 nitrogen and oxygen atoms in total. The molecule has 2 aliphatic rings. The van der Waals surface area contributed by atoms with Crippen molar-refractivity contribution in [3.05, 3.63) is 0 Å². The Balaban J connectivity index is 1.86. The maximum Gasteiger partial charge on any atom is 0.242 e. The Morgan fingerprint density at radius 1 is 1.37 bits per heavy atom. The predicted molar refractivity (Wildman–Crippen MR) is 71.5 cm³/mol. The summed E-state index contributed by atoms with van der Waals surface area (Å²) in [7, 11) is 1.69. The number of hydrogen-bond donors (Lipinski definition) is 2. The molecule has 1 saturated carbocycles. The smallest absolute Gasteiger partial charge is 0.242 e. The highest BCUT2D eigenvalue weighted by Gasteiger charge is 2.36. The monoisotopic (exact) mass is 268 g/mol. The quantitative estimate of drug-likeness (QED) is 0.781. The van der Waals surface area contributed by atoms with Crippen LogP contribution in [0.2, 0.25) is 0 Å². The van der Waals surface area contributed by atoms with Crippen LogP contribution in [0.4, 0.5) is 0 Å². The first-order valence-electron chi connectivity index (χ1n) is 7.24. The molecule has 0 spiro atoms. The van der Waals surface area contributed by atoms with Crippen molar-refractivity contribution >= 4 is 11.8 Å². The molecule has 0 bridgehead atoms. The van der Waals surface area contributed by atoms with Crippen LogP contribution < -0.4 is 10.6 Å². The molecule has 3 atom stereocenters. The van der Waals surface area contributed by atoms with Gasteiger partial charge in [0.2, 0.25) is 11.8 Å². The van der Waals surface area contributed by atoms with Crippen LogP contribution in [0, 0.1) is 5.92 Å². The average Bonchev–Trinajstić information content (AvgIpc) is 3.18. The van der Waals surface area contributed by atoms with Crippen molar-refractivity contribution in [3.63, 3.8) is 0 Å². The SMILES string of the molecule is COC(C1CC1)C(C)NC(=O)C1CCCCC(=O)N1. The van der Waals surface area contributed by atoms with Gasteiger partial charge in [-0.05, 0) is 38.5 Å². The lowest BCUT2D eigenvalue weighted by molar-refractivity contribution is -0.129. The number of carbonyl (C=O) groups excluding carboxylic acids is 2. The lowest BCUT2D eigenvalue weighted by atomic mass is 10.1. The van der Waals surface area contributed by atoms with E-state index in [4.69, 9.17) is 4.74 Å². The average molecular weight is 268 g/mol. The van der Waals surface area contributed by atoms with Crippen molar-refractivity contribution in [2.45, 2.75) is 63.6 Å². The van der Waals surface area contributed by atoms with E-state index in [1.165, 1.54) is 12.8 Å². The van der Waals surface area contributed by atoms with Crippen molar-refractivity contribution in [1.29, 1.82) is 0 Å². The number of ether oxygens (including phenoxy) is 1. The normalized spacial score (nSPS) is 27.1. The van der Waals surface area contributed by atoms with Crippen LogP contribution in [-0.4, -0.2) is 37.1 Å². The van der Waals surface area contributed by atoms with E-state index in [-0.39, 0.29) is 30.0 Å². The number of amides is 2. The van der Waals surface area contributed by atoms with Gasteiger partial charge in [0.05, 0.1) is 12.1 Å². The minimum absolute atomic E-state index is 0.00912. The second kappa shape index (κ2) is 6.37. The van der Waals surface area contributed by atoms with E-state index in [2.05, 4.69) is 10.6 Å². The summed E-state index contributed by atoms with van der Waals surface area (Å²) in [4.78, 5) is 23.7. The summed E-state index contributed by atoms with van der Waals surface area (Å²) >= 11 is 0. The summed E-state index contributed by atoms with van der Waals surface area (Å²) < 4.78 is 5.47. The molecule has 1 saturated heterocycles. The molecular weight excluding hydrogens is 244 g/mol. The largest absolute Gasteiger partial charge is 0.379 e. The molecule has 0 aromatic rings. The van der Waals surface area contributed by atoms with Crippen molar-refractivity contribution in [3.8, 4) is 0 Å². The van der Waals surface area contributed by atoms with Gasteiger partial charge < -0.3 is 15.4 Å². The van der Waals surface area contributed by atoms with Gasteiger partial charge in [0, 0.05) is 13.5 Å². The van der Waals surface area contributed by atoms with Gasteiger partial charge in [0.15, 0.2) is 0 Å². The standard InChI is InChI=1S/C14H24N2O3/c1-9(13(19-2)10-7-8-10)15-14(18)11-5-3-4-6-12(17)16-11/h9-11,13H,3-8H2,1-2H3,(H,15,18)(H,16,17). The number of hydrogen-bond acceptors (Lipinski definition) is 3. The molecule has 0 aromatic carbocycles. The van der Waals surface area contributed by atoms with Gasteiger partial charge >= 0.3 is 0 Å². The number of carbonyl (C=O) groups is 2. The molecular formula is C14H24N2O3.